The van der Waals surface area contributed by atoms with E-state index in [-0.39, 0.29) is 17.3 Å². The second-order valence-corrected chi connectivity index (χ2v) is 6.91. The van der Waals surface area contributed by atoms with Crippen LogP contribution in [0.2, 0.25) is 0 Å². The summed E-state index contributed by atoms with van der Waals surface area (Å²) in [5, 5.41) is 5.03. The van der Waals surface area contributed by atoms with Gasteiger partial charge in [-0.2, -0.15) is 4.98 Å². The number of pyridine rings is 1. The van der Waals surface area contributed by atoms with Crippen molar-refractivity contribution in [1.82, 2.24) is 15.1 Å². The average Bonchev–Trinajstić information content (AvgIpc) is 3.38. The van der Waals surface area contributed by atoms with Crippen molar-refractivity contribution in [2.24, 2.45) is 0 Å². The number of benzene rings is 2. The molecule has 5 rings (SSSR count). The minimum absolute atomic E-state index is 0.245. The van der Waals surface area contributed by atoms with E-state index in [1.54, 1.807) is 12.1 Å². The molecule has 1 aliphatic heterocycles. The van der Waals surface area contributed by atoms with Crippen molar-refractivity contribution < 1.29 is 13.7 Å². The van der Waals surface area contributed by atoms with E-state index < -0.39 is 5.41 Å². The van der Waals surface area contributed by atoms with Gasteiger partial charge in [0, 0.05) is 23.6 Å². The Morgan fingerprint density at radius 2 is 1.93 bits per heavy atom. The normalized spacial score (nSPS) is 19.3. The maximum Gasteiger partial charge on any atom is 0.258 e. The number of ether oxygens (including phenoxy) is 1. The van der Waals surface area contributed by atoms with Crippen LogP contribution in [-0.2, 0) is 10.2 Å². The molecule has 1 fully saturated rings. The Morgan fingerprint density at radius 1 is 1.11 bits per heavy atom. The number of fused-ring (bicyclic) bond motifs is 1. The minimum atomic E-state index is -0.605. The Kier molecular flexibility index (Phi) is 3.84. The Bertz CT molecular complexity index is 1210. The highest BCUT2D eigenvalue weighted by atomic mass is 19.1. The highest BCUT2D eigenvalue weighted by Crippen LogP contribution is 2.39. The topological polar surface area (TPSA) is 81.0 Å². The number of rotatable bonds is 3. The molecule has 3 heterocycles. The monoisotopic (exact) mass is 377 g/mol. The van der Waals surface area contributed by atoms with Crippen LogP contribution in [0.3, 0.4) is 0 Å². The van der Waals surface area contributed by atoms with E-state index in [1.165, 1.54) is 18.2 Å². The molecule has 7 heteroatoms. The summed E-state index contributed by atoms with van der Waals surface area (Å²) in [5.74, 6) is 0.434. The maximum atomic E-state index is 13.4. The second-order valence-electron chi connectivity index (χ2n) is 6.91. The first-order valence-corrected chi connectivity index (χ1v) is 8.96. The Hall–Kier alpha value is -3.32. The number of aromatic amines is 1. The van der Waals surface area contributed by atoms with Gasteiger partial charge in [-0.3, -0.25) is 4.79 Å². The van der Waals surface area contributed by atoms with Crippen molar-refractivity contribution in [3.63, 3.8) is 0 Å². The maximum absolute atomic E-state index is 13.4. The minimum Gasteiger partial charge on any atom is -0.380 e. The van der Waals surface area contributed by atoms with Crippen LogP contribution in [0.15, 0.2) is 63.9 Å². The first-order chi connectivity index (χ1) is 13.7. The first-order valence-electron chi connectivity index (χ1n) is 8.96. The van der Waals surface area contributed by atoms with E-state index in [2.05, 4.69) is 15.1 Å². The van der Waals surface area contributed by atoms with Crippen molar-refractivity contribution in [2.75, 3.05) is 13.2 Å². The van der Waals surface area contributed by atoms with Gasteiger partial charge in [0.05, 0.1) is 17.6 Å². The van der Waals surface area contributed by atoms with Gasteiger partial charge < -0.3 is 14.2 Å². The van der Waals surface area contributed by atoms with Gasteiger partial charge in [-0.25, -0.2) is 4.39 Å². The molecule has 140 valence electrons. The molecule has 4 aromatic rings. The number of aromatic nitrogens is 3. The summed E-state index contributed by atoms with van der Waals surface area (Å²) in [6.45, 7) is 0.933. The predicted molar refractivity (Wildman–Crippen MR) is 100 cm³/mol. The van der Waals surface area contributed by atoms with E-state index in [4.69, 9.17) is 9.26 Å². The molecule has 6 nitrogen and oxygen atoms in total. The largest absolute Gasteiger partial charge is 0.380 e. The third kappa shape index (κ3) is 2.63. The predicted octanol–water partition coefficient (Wildman–Crippen LogP) is 3.42. The third-order valence-corrected chi connectivity index (χ3v) is 5.25. The Labute approximate surface area is 159 Å². The van der Waals surface area contributed by atoms with Crippen LogP contribution < -0.4 is 5.56 Å². The molecule has 0 bridgehead atoms. The van der Waals surface area contributed by atoms with E-state index >= 15 is 0 Å². The van der Waals surface area contributed by atoms with Crippen molar-refractivity contribution in [3.8, 4) is 11.5 Å². The van der Waals surface area contributed by atoms with Gasteiger partial charge in [0.15, 0.2) is 5.82 Å². The summed E-state index contributed by atoms with van der Waals surface area (Å²) >= 11 is 0. The lowest BCUT2D eigenvalue weighted by Crippen LogP contribution is -2.29. The number of hydrogen-bond acceptors (Lipinski definition) is 5. The highest BCUT2D eigenvalue weighted by Gasteiger charge is 2.43. The van der Waals surface area contributed by atoms with Crippen LogP contribution in [0, 0.1) is 5.82 Å². The number of halogens is 1. The molecular weight excluding hydrogens is 361 g/mol. The summed E-state index contributed by atoms with van der Waals surface area (Å²) in [5.41, 5.74) is 1.29. The zero-order chi connectivity index (χ0) is 19.1. The fourth-order valence-electron chi connectivity index (χ4n) is 3.78. The van der Waals surface area contributed by atoms with Crippen molar-refractivity contribution in [2.45, 2.75) is 11.8 Å². The summed E-state index contributed by atoms with van der Waals surface area (Å²) in [4.78, 5) is 19.5. The zero-order valence-corrected chi connectivity index (χ0v) is 14.8. The van der Waals surface area contributed by atoms with E-state index in [0.717, 1.165) is 10.9 Å². The van der Waals surface area contributed by atoms with Gasteiger partial charge in [-0.15, -0.1) is 0 Å². The van der Waals surface area contributed by atoms with E-state index in [0.29, 0.717) is 36.5 Å². The second kappa shape index (κ2) is 6.38. The van der Waals surface area contributed by atoms with Gasteiger partial charge >= 0.3 is 0 Å². The average molecular weight is 377 g/mol. The quantitative estimate of drug-likeness (QED) is 0.592. The van der Waals surface area contributed by atoms with E-state index in [9.17, 15) is 9.18 Å². The molecule has 2 aromatic carbocycles. The first kappa shape index (κ1) is 16.8. The van der Waals surface area contributed by atoms with Crippen LogP contribution in [0.4, 0.5) is 4.39 Å². The number of para-hydroxylation sites is 1. The van der Waals surface area contributed by atoms with E-state index in [1.807, 2.05) is 24.3 Å². The molecule has 0 saturated carbocycles. The lowest BCUT2D eigenvalue weighted by molar-refractivity contribution is 0.182. The lowest BCUT2D eigenvalue weighted by atomic mass is 9.79. The molecule has 0 unspecified atom stereocenters. The van der Waals surface area contributed by atoms with Crippen LogP contribution in [0.25, 0.3) is 22.4 Å². The summed E-state index contributed by atoms with van der Waals surface area (Å²) in [6, 6.07) is 15.2. The molecule has 1 saturated heterocycles. The van der Waals surface area contributed by atoms with Gasteiger partial charge in [0.25, 0.3) is 5.89 Å². The summed E-state index contributed by atoms with van der Waals surface area (Å²) in [7, 11) is 0. The smallest absolute Gasteiger partial charge is 0.258 e. The number of nitrogens with zero attached hydrogens (tertiary/aromatic N) is 2. The standard InChI is InChI=1S/C21H16FN3O3/c22-14-7-5-13(6-8-14)21(9-10-27-12-21)20-24-19(28-25-20)16-11-18(26)23-17-4-2-1-3-15(16)17/h1-8,11H,9-10,12H2,(H,23,26)/t21-/m0/s1. The summed E-state index contributed by atoms with van der Waals surface area (Å²) in [6.07, 6.45) is 0.660. The zero-order valence-electron chi connectivity index (χ0n) is 14.8. The van der Waals surface area contributed by atoms with Crippen molar-refractivity contribution in [3.05, 3.63) is 82.2 Å². The fraction of sp³-hybridized carbons (Fsp3) is 0.190. The SMILES string of the molecule is O=c1cc(-c2nc([C@@]3(c4ccc(F)cc4)CCOC3)no2)c2ccccc2[nH]1. The lowest BCUT2D eigenvalue weighted by Gasteiger charge is -2.23. The highest BCUT2D eigenvalue weighted by molar-refractivity contribution is 5.91. The van der Waals surface area contributed by atoms with Gasteiger partial charge in [-0.05, 0) is 30.2 Å². The number of hydrogen-bond donors (Lipinski definition) is 1. The fourth-order valence-corrected chi connectivity index (χ4v) is 3.78. The Balaban J connectivity index is 1.65. The van der Waals surface area contributed by atoms with Crippen molar-refractivity contribution in [1.29, 1.82) is 0 Å². The molecule has 1 N–H and O–H groups in total. The molecule has 2 aromatic heterocycles. The van der Waals surface area contributed by atoms with Crippen LogP contribution >= 0.6 is 0 Å². The molecule has 28 heavy (non-hydrogen) atoms. The van der Waals surface area contributed by atoms with Gasteiger partial charge in [0.1, 0.15) is 5.82 Å². The summed E-state index contributed by atoms with van der Waals surface area (Å²) < 4.78 is 24.6. The molecule has 0 spiro atoms. The third-order valence-electron chi connectivity index (χ3n) is 5.25. The van der Waals surface area contributed by atoms with Gasteiger partial charge in [0.2, 0.25) is 5.56 Å². The van der Waals surface area contributed by atoms with Crippen LogP contribution in [0.5, 0.6) is 0 Å². The molecular formula is C21H16FN3O3. The van der Waals surface area contributed by atoms with Crippen LogP contribution in [0.1, 0.15) is 17.8 Å². The molecule has 0 radical (unpaired) electrons. The molecule has 0 aliphatic carbocycles. The van der Waals surface area contributed by atoms with Gasteiger partial charge in [-0.1, -0.05) is 35.5 Å². The molecule has 1 aliphatic rings. The van der Waals surface area contributed by atoms with Crippen LogP contribution in [-0.4, -0.2) is 28.3 Å². The van der Waals surface area contributed by atoms with Crippen molar-refractivity contribution >= 4 is 10.9 Å². The Morgan fingerprint density at radius 3 is 2.71 bits per heavy atom. The number of H-pyrrole nitrogens is 1. The molecule has 0 amide bonds. The molecule has 1 atom stereocenters. The number of nitrogens with one attached hydrogen (secondary N) is 1.